The van der Waals surface area contributed by atoms with Gasteiger partial charge in [-0.3, -0.25) is 4.79 Å². The van der Waals surface area contributed by atoms with Crippen LogP contribution >= 0.6 is 15.9 Å². The summed E-state index contributed by atoms with van der Waals surface area (Å²) in [6.45, 7) is 5.71. The summed E-state index contributed by atoms with van der Waals surface area (Å²) in [5.74, 6) is -1.28. The van der Waals surface area contributed by atoms with Crippen molar-refractivity contribution in [2.45, 2.75) is 26.1 Å². The average molecular weight is 354 g/mol. The van der Waals surface area contributed by atoms with Gasteiger partial charge in [0.2, 0.25) is 0 Å². The fourth-order valence-electron chi connectivity index (χ4n) is 2.65. The molecule has 2 aromatic heterocycles. The van der Waals surface area contributed by atoms with Gasteiger partial charge in [-0.2, -0.15) is 0 Å². The van der Waals surface area contributed by atoms with E-state index in [2.05, 4.69) is 32.5 Å². The maximum atomic E-state index is 13.2. The fraction of sp³-hybridized carbons (Fsp3) is 0.308. The summed E-state index contributed by atoms with van der Waals surface area (Å²) in [6, 6.07) is -0.170. The number of nitrogens with zero attached hydrogens (tertiary/aromatic N) is 4. The predicted octanol–water partition coefficient (Wildman–Crippen LogP) is 1.99. The average Bonchev–Trinajstić information content (AvgIpc) is 2.71. The first-order valence-electron chi connectivity index (χ1n) is 6.34. The monoisotopic (exact) mass is 353 g/mol. The molecule has 0 bridgehead atoms. The SMILES string of the molecule is C=C(F)C(=O)N1Cc2c(Br)c3c(N)ncnc3n2CC1C. The van der Waals surface area contributed by atoms with E-state index in [4.69, 9.17) is 5.73 Å². The van der Waals surface area contributed by atoms with Gasteiger partial charge >= 0.3 is 0 Å². The number of nitrogens with two attached hydrogens (primary N) is 1. The molecule has 0 aliphatic carbocycles. The van der Waals surface area contributed by atoms with Gasteiger partial charge in [-0.1, -0.05) is 6.58 Å². The van der Waals surface area contributed by atoms with Crippen molar-refractivity contribution >= 4 is 38.7 Å². The third-order valence-corrected chi connectivity index (χ3v) is 4.56. The van der Waals surface area contributed by atoms with Crippen molar-refractivity contribution in [3.05, 3.63) is 28.9 Å². The summed E-state index contributed by atoms with van der Waals surface area (Å²) >= 11 is 3.49. The van der Waals surface area contributed by atoms with Crippen LogP contribution in [0.2, 0.25) is 0 Å². The van der Waals surface area contributed by atoms with Gasteiger partial charge in [-0.05, 0) is 22.9 Å². The summed E-state index contributed by atoms with van der Waals surface area (Å²) in [4.78, 5) is 21.6. The van der Waals surface area contributed by atoms with Crippen LogP contribution in [0, 0.1) is 0 Å². The van der Waals surface area contributed by atoms with Crippen molar-refractivity contribution < 1.29 is 9.18 Å². The van der Waals surface area contributed by atoms with E-state index in [1.54, 1.807) is 0 Å². The number of carbonyl (C=O) groups is 1. The highest BCUT2D eigenvalue weighted by molar-refractivity contribution is 9.10. The normalized spacial score (nSPS) is 17.9. The van der Waals surface area contributed by atoms with E-state index in [1.807, 2.05) is 11.5 Å². The fourth-order valence-corrected chi connectivity index (χ4v) is 3.37. The molecule has 1 aliphatic heterocycles. The number of fused-ring (bicyclic) bond motifs is 3. The number of hydrogen-bond donors (Lipinski definition) is 1. The van der Waals surface area contributed by atoms with E-state index in [9.17, 15) is 9.18 Å². The van der Waals surface area contributed by atoms with Crippen LogP contribution in [0.1, 0.15) is 12.6 Å². The smallest absolute Gasteiger partial charge is 0.282 e. The third kappa shape index (κ3) is 2.01. The molecule has 0 radical (unpaired) electrons. The van der Waals surface area contributed by atoms with Crippen molar-refractivity contribution in [3.8, 4) is 0 Å². The second-order valence-electron chi connectivity index (χ2n) is 5.02. The van der Waals surface area contributed by atoms with E-state index in [0.717, 1.165) is 10.2 Å². The number of nitrogen functional groups attached to an aromatic ring is 1. The van der Waals surface area contributed by atoms with Crippen LogP contribution in [-0.4, -0.2) is 31.4 Å². The zero-order valence-electron chi connectivity index (χ0n) is 11.3. The van der Waals surface area contributed by atoms with Crippen molar-refractivity contribution in [1.82, 2.24) is 19.4 Å². The van der Waals surface area contributed by atoms with Crippen LogP contribution in [0.15, 0.2) is 23.2 Å². The Bertz CT molecular complexity index is 771. The predicted molar refractivity (Wildman–Crippen MR) is 79.9 cm³/mol. The molecule has 110 valence electrons. The van der Waals surface area contributed by atoms with Gasteiger partial charge in [-0.15, -0.1) is 0 Å². The summed E-state index contributed by atoms with van der Waals surface area (Å²) in [7, 11) is 0. The Hall–Kier alpha value is -1.96. The van der Waals surface area contributed by atoms with Crippen LogP contribution < -0.4 is 5.73 Å². The van der Waals surface area contributed by atoms with Crippen LogP contribution in [0.25, 0.3) is 11.0 Å². The quantitative estimate of drug-likeness (QED) is 0.795. The lowest BCUT2D eigenvalue weighted by molar-refractivity contribution is -0.132. The molecule has 1 unspecified atom stereocenters. The van der Waals surface area contributed by atoms with Crippen molar-refractivity contribution in [1.29, 1.82) is 0 Å². The standard InChI is InChI=1S/C13H13BrFN5O/c1-6-3-20-8(4-19(6)13(21)7(2)15)10(14)9-11(16)17-5-18-12(9)20/h5-6H,2-4H2,1H3,(H2,16,17,18). The minimum absolute atomic E-state index is 0.170. The zero-order chi connectivity index (χ0) is 15.3. The lowest BCUT2D eigenvalue weighted by atomic mass is 10.2. The van der Waals surface area contributed by atoms with Crippen LogP contribution in [0.4, 0.5) is 10.2 Å². The van der Waals surface area contributed by atoms with Crippen molar-refractivity contribution in [2.75, 3.05) is 5.73 Å². The van der Waals surface area contributed by atoms with Crippen LogP contribution in [-0.2, 0) is 17.9 Å². The van der Waals surface area contributed by atoms with Gasteiger partial charge in [0.25, 0.3) is 5.91 Å². The molecule has 1 amide bonds. The number of anilines is 1. The topological polar surface area (TPSA) is 77.0 Å². The Morgan fingerprint density at radius 2 is 2.29 bits per heavy atom. The van der Waals surface area contributed by atoms with Crippen molar-refractivity contribution in [2.24, 2.45) is 0 Å². The summed E-state index contributed by atoms with van der Waals surface area (Å²) in [6.07, 6.45) is 1.41. The van der Waals surface area contributed by atoms with Crippen molar-refractivity contribution in [3.63, 3.8) is 0 Å². The summed E-state index contributed by atoms with van der Waals surface area (Å²) in [5, 5.41) is 0.716. The van der Waals surface area contributed by atoms with Gasteiger partial charge < -0.3 is 15.2 Å². The van der Waals surface area contributed by atoms with E-state index in [1.165, 1.54) is 11.2 Å². The number of rotatable bonds is 1. The molecule has 1 atom stereocenters. The molecule has 8 heteroatoms. The molecule has 3 rings (SSSR count). The number of aromatic nitrogens is 3. The first-order chi connectivity index (χ1) is 9.91. The van der Waals surface area contributed by atoms with E-state index in [0.29, 0.717) is 23.4 Å². The molecular formula is C13H13BrFN5O. The molecule has 0 aromatic carbocycles. The Labute approximate surface area is 128 Å². The second kappa shape index (κ2) is 4.80. The molecule has 2 aromatic rings. The third-order valence-electron chi connectivity index (χ3n) is 3.70. The van der Waals surface area contributed by atoms with Gasteiger partial charge in [-0.25, -0.2) is 14.4 Å². The van der Waals surface area contributed by atoms with Gasteiger partial charge in [0.05, 0.1) is 22.1 Å². The highest BCUT2D eigenvalue weighted by atomic mass is 79.9. The lowest BCUT2D eigenvalue weighted by Gasteiger charge is -2.34. The zero-order valence-corrected chi connectivity index (χ0v) is 12.9. The lowest BCUT2D eigenvalue weighted by Crippen LogP contribution is -2.44. The molecule has 0 spiro atoms. The van der Waals surface area contributed by atoms with E-state index < -0.39 is 11.7 Å². The maximum Gasteiger partial charge on any atom is 0.282 e. The van der Waals surface area contributed by atoms with Crippen LogP contribution in [0.5, 0.6) is 0 Å². The van der Waals surface area contributed by atoms with Gasteiger partial charge in [0.15, 0.2) is 5.83 Å². The van der Waals surface area contributed by atoms with Gasteiger partial charge in [0, 0.05) is 12.6 Å². The Morgan fingerprint density at radius 1 is 1.57 bits per heavy atom. The number of amides is 1. The van der Waals surface area contributed by atoms with E-state index in [-0.39, 0.29) is 12.6 Å². The first kappa shape index (κ1) is 14.0. The highest BCUT2D eigenvalue weighted by Gasteiger charge is 2.32. The maximum absolute atomic E-state index is 13.2. The summed E-state index contributed by atoms with van der Waals surface area (Å²) in [5.41, 5.74) is 7.43. The van der Waals surface area contributed by atoms with Crippen LogP contribution in [0.3, 0.4) is 0 Å². The van der Waals surface area contributed by atoms with Gasteiger partial charge in [0.1, 0.15) is 17.8 Å². The Balaban J connectivity index is 2.15. The summed E-state index contributed by atoms with van der Waals surface area (Å²) < 4.78 is 15.9. The Morgan fingerprint density at radius 3 is 2.95 bits per heavy atom. The minimum atomic E-state index is -0.957. The molecule has 0 fully saturated rings. The molecule has 1 aliphatic rings. The Kier molecular flexibility index (Phi) is 3.20. The molecule has 2 N–H and O–H groups in total. The molecule has 0 saturated carbocycles. The largest absolute Gasteiger partial charge is 0.383 e. The first-order valence-corrected chi connectivity index (χ1v) is 7.13. The second-order valence-corrected chi connectivity index (χ2v) is 5.81. The molecule has 21 heavy (non-hydrogen) atoms. The minimum Gasteiger partial charge on any atom is -0.383 e. The number of hydrogen-bond acceptors (Lipinski definition) is 4. The number of carbonyl (C=O) groups excluding carboxylic acids is 1. The molecule has 6 nitrogen and oxygen atoms in total. The van der Waals surface area contributed by atoms with E-state index >= 15 is 0 Å². The number of halogens is 2. The molecule has 3 heterocycles. The molecule has 0 saturated heterocycles. The molecular weight excluding hydrogens is 341 g/mol. The highest BCUT2D eigenvalue weighted by Crippen LogP contribution is 2.36.